The zero-order chi connectivity index (χ0) is 19.3. The third kappa shape index (κ3) is 2.84. The first-order chi connectivity index (χ1) is 12.9. The van der Waals surface area contributed by atoms with Gasteiger partial charge in [0.25, 0.3) is 9.71 Å². The summed E-state index contributed by atoms with van der Waals surface area (Å²) >= 11 is 0. The van der Waals surface area contributed by atoms with Gasteiger partial charge >= 0.3 is 5.97 Å². The maximum atomic E-state index is 14.7. The summed E-state index contributed by atoms with van der Waals surface area (Å²) in [6.45, 7) is -0.289. The first-order valence-corrected chi connectivity index (χ1v) is 8.93. The van der Waals surface area contributed by atoms with E-state index < -0.39 is 44.5 Å². The number of fused-ring (bicyclic) bond motifs is 2. The van der Waals surface area contributed by atoms with Gasteiger partial charge < -0.3 is 9.67 Å². The maximum absolute atomic E-state index is 14.7. The molecule has 2 aromatic heterocycles. The van der Waals surface area contributed by atoms with Crippen molar-refractivity contribution in [1.29, 1.82) is 0 Å². The fraction of sp³-hybridized carbons (Fsp3) is 0.111. The van der Waals surface area contributed by atoms with E-state index in [1.54, 1.807) is 30.5 Å². The lowest BCUT2D eigenvalue weighted by Gasteiger charge is -1.99. The number of benzene rings is 2. The highest BCUT2D eigenvalue weighted by Crippen LogP contribution is 2.40. The van der Waals surface area contributed by atoms with Crippen LogP contribution in [0.1, 0.15) is 10.6 Å². The molecule has 2 aromatic carbocycles. The van der Waals surface area contributed by atoms with Crippen LogP contribution in [0.5, 0.6) is 0 Å². The molecule has 1 atom stereocenters. The van der Waals surface area contributed by atoms with E-state index in [0.717, 1.165) is 0 Å². The normalized spacial score (nSPS) is 12.2. The van der Waals surface area contributed by atoms with Crippen molar-refractivity contribution in [2.45, 2.75) is 13.0 Å². The molecule has 27 heavy (non-hydrogen) atoms. The van der Waals surface area contributed by atoms with Gasteiger partial charge in [0.15, 0.2) is 23.0 Å². The third-order valence-corrected chi connectivity index (χ3v) is 5.64. The van der Waals surface area contributed by atoms with E-state index in [1.165, 1.54) is 4.57 Å². The highest BCUT2D eigenvalue weighted by Gasteiger charge is 2.32. The van der Waals surface area contributed by atoms with E-state index in [2.05, 4.69) is 4.98 Å². The van der Waals surface area contributed by atoms with E-state index in [0.29, 0.717) is 22.5 Å². The summed E-state index contributed by atoms with van der Waals surface area (Å²) in [6.07, 6.45) is 1.47. The molecule has 0 fully saturated rings. The molecule has 1 N–H and O–H groups in total. The van der Waals surface area contributed by atoms with Crippen molar-refractivity contribution >= 4 is 37.9 Å². The van der Waals surface area contributed by atoms with E-state index in [-0.39, 0.29) is 18.0 Å². The number of hydrogen-bond donors (Lipinski definition) is 1. The van der Waals surface area contributed by atoms with Crippen LogP contribution >= 0.6 is 10.9 Å². The molecule has 138 valence electrons. The number of thiazole rings is 1. The van der Waals surface area contributed by atoms with Gasteiger partial charge in [-0.3, -0.25) is 4.79 Å². The first-order valence-electron chi connectivity index (χ1n) is 7.81. The molecule has 2 heterocycles. The summed E-state index contributed by atoms with van der Waals surface area (Å²) in [4.78, 5) is 14.9. The Hall–Kier alpha value is -2.94. The number of carboxylic acid groups (broad SMARTS) is 1. The molecule has 0 aliphatic heterocycles. The number of rotatable bonds is 4. The Labute approximate surface area is 152 Å². The van der Waals surface area contributed by atoms with Crippen molar-refractivity contribution in [3.63, 3.8) is 0 Å². The molecule has 0 saturated heterocycles. The summed E-state index contributed by atoms with van der Waals surface area (Å²) in [5.41, 5.74) is 0.547. The zero-order valence-corrected chi connectivity index (χ0v) is 14.4. The van der Waals surface area contributed by atoms with Crippen molar-refractivity contribution in [1.82, 2.24) is 9.55 Å². The lowest BCUT2D eigenvalue weighted by molar-refractivity contribution is -0.137. The Morgan fingerprint density at radius 3 is 2.67 bits per heavy atom. The van der Waals surface area contributed by atoms with Crippen LogP contribution in [0.25, 0.3) is 21.1 Å². The van der Waals surface area contributed by atoms with Crippen LogP contribution in [0, 0.1) is 17.5 Å². The second kappa shape index (κ2) is 6.34. The third-order valence-electron chi connectivity index (χ3n) is 4.24. The summed E-state index contributed by atoms with van der Waals surface area (Å²) in [6, 6.07) is 7.25. The molecule has 4 aromatic rings. The molecule has 9 heteroatoms. The van der Waals surface area contributed by atoms with Crippen molar-refractivity contribution in [3.05, 3.63) is 64.6 Å². The van der Waals surface area contributed by atoms with Gasteiger partial charge in [-0.25, -0.2) is 13.2 Å². The maximum Gasteiger partial charge on any atom is 0.323 e. The van der Waals surface area contributed by atoms with Crippen molar-refractivity contribution in [2.24, 2.45) is 0 Å². The van der Waals surface area contributed by atoms with Crippen molar-refractivity contribution in [3.8, 4) is 0 Å². The van der Waals surface area contributed by atoms with Gasteiger partial charge in [-0.2, -0.15) is 4.98 Å². The highest BCUT2D eigenvalue weighted by atomic mass is 32.2. The van der Waals surface area contributed by atoms with E-state index >= 15 is 0 Å². The van der Waals surface area contributed by atoms with Crippen LogP contribution in [-0.2, 0) is 17.8 Å². The fourth-order valence-corrected chi connectivity index (χ4v) is 4.35. The molecular weight excluding hydrogens is 384 g/mol. The predicted octanol–water partition coefficient (Wildman–Crippen LogP) is 4.76. The molecule has 0 aliphatic rings. The second-order valence-electron chi connectivity index (χ2n) is 5.96. The number of halogens is 4. The van der Waals surface area contributed by atoms with Gasteiger partial charge in [0.05, 0.1) is 10.3 Å². The van der Waals surface area contributed by atoms with Crippen LogP contribution in [0.3, 0.4) is 0 Å². The van der Waals surface area contributed by atoms with Crippen molar-refractivity contribution < 1.29 is 27.0 Å². The van der Waals surface area contributed by atoms with E-state index in [4.69, 9.17) is 5.11 Å². The summed E-state index contributed by atoms with van der Waals surface area (Å²) in [5, 5.41) is 9.59. The van der Waals surface area contributed by atoms with Gasteiger partial charge in [0.1, 0.15) is 6.54 Å². The second-order valence-corrected chi connectivity index (χ2v) is 7.36. The van der Waals surface area contributed by atoms with Crippen LogP contribution < -0.4 is 0 Å². The molecule has 0 bridgehead atoms. The van der Waals surface area contributed by atoms with Crippen LogP contribution in [0.15, 0.2) is 36.5 Å². The summed E-state index contributed by atoms with van der Waals surface area (Å²) in [5.74, 6) is -5.03. The summed E-state index contributed by atoms with van der Waals surface area (Å²) < 4.78 is 56.8. The molecule has 0 amide bonds. The number of nitrogens with zero attached hydrogens (tertiary/aromatic N) is 2. The smallest absolute Gasteiger partial charge is 0.323 e. The molecule has 0 aliphatic carbocycles. The topological polar surface area (TPSA) is 55.1 Å². The molecule has 0 radical (unpaired) electrons. The molecule has 1 unspecified atom stereocenters. The molecule has 4 rings (SSSR count). The molecule has 4 nitrogen and oxygen atoms in total. The Kier molecular flexibility index (Phi) is 4.11. The minimum atomic E-state index is -2.32. The average Bonchev–Trinajstić information content (AvgIpc) is 3.12. The fourth-order valence-electron chi connectivity index (χ4n) is 3.13. The monoisotopic (exact) mass is 395 g/mol. The molecule has 0 spiro atoms. The highest BCUT2D eigenvalue weighted by molar-refractivity contribution is 7.32. The van der Waals surface area contributed by atoms with Crippen molar-refractivity contribution in [2.75, 3.05) is 0 Å². The van der Waals surface area contributed by atoms with Crippen LogP contribution in [0.2, 0.25) is 0 Å². The number of para-hydroxylation sites is 1. The first kappa shape index (κ1) is 17.5. The Bertz CT molecular complexity index is 1220. The Morgan fingerprint density at radius 2 is 1.93 bits per heavy atom. The minimum Gasteiger partial charge on any atom is -0.480 e. The largest absolute Gasteiger partial charge is 0.480 e. The van der Waals surface area contributed by atoms with E-state index in [1.807, 2.05) is 0 Å². The molecular formula is C18H11F4N2O2S+. The van der Waals surface area contributed by atoms with Crippen LogP contribution in [-0.4, -0.2) is 20.6 Å². The van der Waals surface area contributed by atoms with Gasteiger partial charge in [-0.05, 0) is 11.6 Å². The number of aliphatic carboxylic acids is 1. The number of aromatic nitrogens is 2. The standard InChI is InChI=1S/C18H10F4N2O2S/c19-11-6-12(20)18-17(16(11)21)23-14(27(18)22)5-9-7-24(8-15(25)26)13-4-2-1-3-10(9)13/h1-4,6-7H,5,8H2/p+1. The zero-order valence-electron chi connectivity index (χ0n) is 13.5. The number of carboxylic acids is 1. The Morgan fingerprint density at radius 1 is 1.19 bits per heavy atom. The van der Waals surface area contributed by atoms with Crippen LogP contribution in [0.4, 0.5) is 17.1 Å². The SMILES string of the molecule is O=C(O)Cn1cc(Cc2nc3c(F)c(F)cc(F)c3[s+]2F)c2ccccc21. The predicted molar refractivity (Wildman–Crippen MR) is 93.0 cm³/mol. The van der Waals surface area contributed by atoms with Gasteiger partial charge in [-0.1, -0.05) is 18.2 Å². The number of hydrogen-bond acceptors (Lipinski definition) is 2. The minimum absolute atomic E-state index is 0.0814. The molecule has 0 saturated carbocycles. The average molecular weight is 395 g/mol. The summed E-state index contributed by atoms with van der Waals surface area (Å²) in [7, 11) is -2.32. The van der Waals surface area contributed by atoms with Gasteiger partial charge in [0.2, 0.25) is 10.9 Å². The van der Waals surface area contributed by atoms with E-state index in [9.17, 15) is 21.9 Å². The van der Waals surface area contributed by atoms with Gasteiger partial charge in [0, 0.05) is 23.2 Å². The lowest BCUT2D eigenvalue weighted by atomic mass is 10.1. The number of carbonyl (C=O) groups is 1. The quantitative estimate of drug-likeness (QED) is 0.308. The Balaban J connectivity index is 1.86. The van der Waals surface area contributed by atoms with Gasteiger partial charge in [-0.15, -0.1) is 0 Å². The lowest BCUT2D eigenvalue weighted by Crippen LogP contribution is -2.07.